The molecular weight excluding hydrogens is 136 g/mol. The van der Waals surface area contributed by atoms with Gasteiger partial charge in [-0.05, 0) is 12.1 Å². The van der Waals surface area contributed by atoms with Gasteiger partial charge in [-0.15, -0.1) is 0 Å². The fraction of sp³-hybridized carbons (Fsp3) is 0.222. The summed E-state index contributed by atoms with van der Waals surface area (Å²) in [5.41, 5.74) is 1.10. The molecule has 0 fully saturated rings. The maximum Gasteiger partial charge on any atom is 0.0684 e. The Morgan fingerprint density at radius 1 is 1.45 bits per heavy atom. The van der Waals surface area contributed by atoms with Crippen molar-refractivity contribution in [2.24, 2.45) is 0 Å². The van der Waals surface area contributed by atoms with Gasteiger partial charge < -0.3 is 5.32 Å². The molecule has 1 aromatic rings. The minimum absolute atomic E-state index is 0.330. The average Bonchev–Trinajstić information content (AvgIpc) is 2.58. The summed E-state index contributed by atoms with van der Waals surface area (Å²) in [5, 5.41) is 3.30. The van der Waals surface area contributed by atoms with Crippen molar-refractivity contribution in [3.8, 4) is 0 Å². The predicted molar refractivity (Wildman–Crippen MR) is 44.1 cm³/mol. The molecular formula is C9H10N2. The molecule has 1 aromatic heterocycles. The highest BCUT2D eigenvalue weighted by Gasteiger charge is 2.10. The van der Waals surface area contributed by atoms with E-state index in [1.165, 1.54) is 0 Å². The van der Waals surface area contributed by atoms with Crippen molar-refractivity contribution >= 4 is 0 Å². The number of rotatable bonds is 1. The highest BCUT2D eigenvalue weighted by Crippen LogP contribution is 2.13. The largest absolute Gasteiger partial charge is 0.302 e. The van der Waals surface area contributed by atoms with Crippen LogP contribution in [0.25, 0.3) is 0 Å². The fourth-order valence-electron chi connectivity index (χ4n) is 1.23. The number of pyridine rings is 1. The van der Waals surface area contributed by atoms with Crippen molar-refractivity contribution in [3.05, 3.63) is 42.2 Å². The van der Waals surface area contributed by atoms with Gasteiger partial charge in [0.15, 0.2) is 0 Å². The summed E-state index contributed by atoms with van der Waals surface area (Å²) in [6.45, 7) is 0.960. The summed E-state index contributed by atoms with van der Waals surface area (Å²) in [6, 6.07) is 6.31. The van der Waals surface area contributed by atoms with Crippen LogP contribution in [0.15, 0.2) is 36.5 Å². The lowest BCUT2D eigenvalue weighted by molar-refractivity contribution is 0.692. The third kappa shape index (κ3) is 1.30. The first-order chi connectivity index (χ1) is 5.47. The first-order valence-corrected chi connectivity index (χ1v) is 3.78. The van der Waals surface area contributed by atoms with E-state index in [-0.39, 0.29) is 0 Å². The van der Waals surface area contributed by atoms with E-state index in [1.807, 2.05) is 24.4 Å². The highest BCUT2D eigenvalue weighted by molar-refractivity contribution is 5.17. The van der Waals surface area contributed by atoms with Crippen molar-refractivity contribution < 1.29 is 0 Å². The third-order valence-corrected chi connectivity index (χ3v) is 1.79. The molecule has 11 heavy (non-hydrogen) atoms. The number of nitrogens with one attached hydrogen (secondary N) is 1. The van der Waals surface area contributed by atoms with Gasteiger partial charge in [-0.1, -0.05) is 18.2 Å². The number of aromatic nitrogens is 1. The zero-order valence-corrected chi connectivity index (χ0v) is 6.20. The van der Waals surface area contributed by atoms with Crippen LogP contribution in [-0.2, 0) is 0 Å². The molecule has 0 saturated heterocycles. The molecule has 0 bridgehead atoms. The van der Waals surface area contributed by atoms with E-state index in [0.29, 0.717) is 6.04 Å². The van der Waals surface area contributed by atoms with E-state index < -0.39 is 0 Å². The van der Waals surface area contributed by atoms with E-state index >= 15 is 0 Å². The highest BCUT2D eigenvalue weighted by atomic mass is 14.9. The molecule has 0 radical (unpaired) electrons. The van der Waals surface area contributed by atoms with E-state index in [9.17, 15) is 0 Å². The second-order valence-electron chi connectivity index (χ2n) is 2.57. The summed E-state index contributed by atoms with van der Waals surface area (Å²) in [5.74, 6) is 0. The zero-order valence-electron chi connectivity index (χ0n) is 6.20. The molecule has 2 heterocycles. The molecule has 1 aliphatic rings. The fourth-order valence-corrected chi connectivity index (χ4v) is 1.23. The lowest BCUT2D eigenvalue weighted by atomic mass is 10.2. The number of hydrogen-bond acceptors (Lipinski definition) is 2. The quantitative estimate of drug-likeness (QED) is 0.604. The Kier molecular flexibility index (Phi) is 1.69. The van der Waals surface area contributed by atoms with Gasteiger partial charge in [-0.3, -0.25) is 4.98 Å². The SMILES string of the molecule is C1=CC(c2ccccn2)NC1. The van der Waals surface area contributed by atoms with Gasteiger partial charge in [0, 0.05) is 12.7 Å². The van der Waals surface area contributed by atoms with Crippen LogP contribution < -0.4 is 5.32 Å². The predicted octanol–water partition coefficient (Wildman–Crippen LogP) is 1.28. The maximum absolute atomic E-state index is 4.25. The Hall–Kier alpha value is -1.15. The first-order valence-electron chi connectivity index (χ1n) is 3.78. The Morgan fingerprint density at radius 2 is 2.45 bits per heavy atom. The summed E-state index contributed by atoms with van der Waals surface area (Å²) in [6.07, 6.45) is 6.09. The van der Waals surface area contributed by atoms with Crippen molar-refractivity contribution in [2.75, 3.05) is 6.54 Å². The molecule has 0 saturated carbocycles. The molecule has 0 aromatic carbocycles. The van der Waals surface area contributed by atoms with Crippen molar-refractivity contribution in [1.82, 2.24) is 10.3 Å². The van der Waals surface area contributed by atoms with Crippen LogP contribution in [0.3, 0.4) is 0 Å². The van der Waals surface area contributed by atoms with Gasteiger partial charge in [0.25, 0.3) is 0 Å². The minimum atomic E-state index is 0.330. The molecule has 1 aliphatic heterocycles. The summed E-state index contributed by atoms with van der Waals surface area (Å²) in [7, 11) is 0. The van der Waals surface area contributed by atoms with Crippen molar-refractivity contribution in [2.45, 2.75) is 6.04 Å². The van der Waals surface area contributed by atoms with Crippen LogP contribution >= 0.6 is 0 Å². The standard InChI is InChI=1S/C9H10N2/c1-2-6-10-8(4-1)9-5-3-7-11-9/h1-6,9,11H,7H2. The zero-order chi connectivity index (χ0) is 7.52. The molecule has 56 valence electrons. The average molecular weight is 146 g/mol. The second kappa shape index (κ2) is 2.84. The van der Waals surface area contributed by atoms with Crippen LogP contribution in [0.5, 0.6) is 0 Å². The second-order valence-corrected chi connectivity index (χ2v) is 2.57. The molecule has 0 spiro atoms. The molecule has 0 aliphatic carbocycles. The molecule has 1 N–H and O–H groups in total. The maximum atomic E-state index is 4.25. The Labute approximate surface area is 66.0 Å². The van der Waals surface area contributed by atoms with E-state index in [0.717, 1.165) is 12.2 Å². The van der Waals surface area contributed by atoms with E-state index in [4.69, 9.17) is 0 Å². The molecule has 2 nitrogen and oxygen atoms in total. The van der Waals surface area contributed by atoms with Gasteiger partial charge in [0.2, 0.25) is 0 Å². The lowest BCUT2D eigenvalue weighted by Gasteiger charge is -2.06. The molecule has 1 atom stereocenters. The normalized spacial score (nSPS) is 22.4. The van der Waals surface area contributed by atoms with E-state index in [1.54, 1.807) is 0 Å². The van der Waals surface area contributed by atoms with Crippen molar-refractivity contribution in [1.29, 1.82) is 0 Å². The lowest BCUT2D eigenvalue weighted by Crippen LogP contribution is -2.14. The van der Waals surface area contributed by atoms with Crippen LogP contribution in [0.2, 0.25) is 0 Å². The van der Waals surface area contributed by atoms with Crippen LogP contribution in [0.1, 0.15) is 11.7 Å². The summed E-state index contributed by atoms with van der Waals surface area (Å²) >= 11 is 0. The summed E-state index contributed by atoms with van der Waals surface area (Å²) in [4.78, 5) is 4.25. The van der Waals surface area contributed by atoms with Gasteiger partial charge in [0.1, 0.15) is 0 Å². The van der Waals surface area contributed by atoms with E-state index in [2.05, 4.69) is 22.5 Å². The molecule has 1 unspecified atom stereocenters. The van der Waals surface area contributed by atoms with Crippen LogP contribution in [0.4, 0.5) is 0 Å². The Morgan fingerprint density at radius 3 is 3.09 bits per heavy atom. The Bertz CT molecular complexity index is 254. The first kappa shape index (κ1) is 6.55. The minimum Gasteiger partial charge on any atom is -0.302 e. The van der Waals surface area contributed by atoms with Gasteiger partial charge in [-0.2, -0.15) is 0 Å². The molecule has 2 heteroatoms. The molecule has 0 amide bonds. The van der Waals surface area contributed by atoms with Gasteiger partial charge >= 0.3 is 0 Å². The Balaban J connectivity index is 2.23. The smallest absolute Gasteiger partial charge is 0.0684 e. The summed E-state index contributed by atoms with van der Waals surface area (Å²) < 4.78 is 0. The number of hydrogen-bond donors (Lipinski definition) is 1. The van der Waals surface area contributed by atoms with Gasteiger partial charge in [-0.25, -0.2) is 0 Å². The number of nitrogens with zero attached hydrogens (tertiary/aromatic N) is 1. The topological polar surface area (TPSA) is 24.9 Å². The van der Waals surface area contributed by atoms with Crippen LogP contribution in [-0.4, -0.2) is 11.5 Å². The third-order valence-electron chi connectivity index (χ3n) is 1.79. The van der Waals surface area contributed by atoms with Crippen molar-refractivity contribution in [3.63, 3.8) is 0 Å². The molecule has 2 rings (SSSR count). The van der Waals surface area contributed by atoms with Gasteiger partial charge in [0.05, 0.1) is 11.7 Å². The van der Waals surface area contributed by atoms with Crippen LogP contribution in [0, 0.1) is 0 Å². The monoisotopic (exact) mass is 146 g/mol.